The van der Waals surface area contributed by atoms with Crippen LogP contribution in [0.2, 0.25) is 0 Å². The van der Waals surface area contributed by atoms with Gasteiger partial charge in [0.25, 0.3) is 0 Å². The molecule has 0 saturated carbocycles. The molecule has 1 heterocycles. The second-order valence-electron chi connectivity index (χ2n) is 5.10. The van der Waals surface area contributed by atoms with Gasteiger partial charge in [0, 0.05) is 19.6 Å². The third-order valence-corrected chi connectivity index (χ3v) is 5.60. The van der Waals surface area contributed by atoms with Gasteiger partial charge in [-0.3, -0.25) is 4.79 Å². The van der Waals surface area contributed by atoms with Gasteiger partial charge in [-0.25, -0.2) is 8.42 Å². The number of hydrogen-bond donors (Lipinski definition) is 1. The maximum atomic E-state index is 11.6. The molecule has 0 aromatic heterocycles. The first-order chi connectivity index (χ1) is 7.74. The van der Waals surface area contributed by atoms with Gasteiger partial charge in [0.15, 0.2) is 9.84 Å². The summed E-state index contributed by atoms with van der Waals surface area (Å²) in [5, 5.41) is 8.61. The first kappa shape index (κ1) is 14.4. The minimum absolute atomic E-state index is 0.0919. The highest BCUT2D eigenvalue weighted by Gasteiger charge is 2.34. The molecule has 1 N–H and O–H groups in total. The zero-order valence-corrected chi connectivity index (χ0v) is 11.4. The molecule has 17 heavy (non-hydrogen) atoms. The van der Waals surface area contributed by atoms with Crippen molar-refractivity contribution in [2.75, 3.05) is 25.4 Å². The number of sulfone groups is 1. The van der Waals surface area contributed by atoms with E-state index in [2.05, 4.69) is 0 Å². The number of carboxylic acids is 1. The Labute approximate surface area is 103 Å². The molecule has 6 heteroatoms. The van der Waals surface area contributed by atoms with Crippen LogP contribution in [0, 0.1) is 11.8 Å². The van der Waals surface area contributed by atoms with E-state index in [1.807, 2.05) is 11.8 Å². The van der Waals surface area contributed by atoms with Gasteiger partial charge in [0.1, 0.15) is 0 Å². The van der Waals surface area contributed by atoms with E-state index < -0.39 is 15.8 Å². The van der Waals surface area contributed by atoms with E-state index in [9.17, 15) is 13.2 Å². The topological polar surface area (TPSA) is 74.7 Å². The molecule has 0 aromatic carbocycles. The zero-order valence-electron chi connectivity index (χ0n) is 10.6. The van der Waals surface area contributed by atoms with Gasteiger partial charge in [-0.15, -0.1) is 0 Å². The molecule has 100 valence electrons. The lowest BCUT2D eigenvalue weighted by Gasteiger charge is -2.16. The fourth-order valence-corrected chi connectivity index (χ4v) is 3.05. The molecule has 1 fully saturated rings. The fourth-order valence-electron chi connectivity index (χ4n) is 2.06. The highest BCUT2D eigenvalue weighted by molar-refractivity contribution is 7.92. The number of carbonyl (C=O) groups is 1. The minimum Gasteiger partial charge on any atom is -0.481 e. The summed E-state index contributed by atoms with van der Waals surface area (Å²) in [4.78, 5) is 12.9. The van der Waals surface area contributed by atoms with Crippen LogP contribution in [0.25, 0.3) is 0 Å². The molecule has 2 unspecified atom stereocenters. The molecule has 0 spiro atoms. The highest BCUT2D eigenvalue weighted by Crippen LogP contribution is 2.22. The number of carboxylic acid groups (broad SMARTS) is 1. The lowest BCUT2D eigenvalue weighted by molar-refractivity contribution is -0.142. The fraction of sp³-hybridized carbons (Fsp3) is 0.909. The molecule has 2 atom stereocenters. The van der Waals surface area contributed by atoms with Crippen molar-refractivity contribution in [3.8, 4) is 0 Å². The van der Waals surface area contributed by atoms with Crippen LogP contribution < -0.4 is 0 Å². The normalized spacial score (nSPS) is 26.6. The van der Waals surface area contributed by atoms with Gasteiger partial charge >= 0.3 is 5.97 Å². The Kier molecular flexibility index (Phi) is 4.55. The lowest BCUT2D eigenvalue weighted by atomic mass is 9.99. The Bertz CT molecular complexity index is 377. The van der Waals surface area contributed by atoms with Gasteiger partial charge in [-0.05, 0) is 19.8 Å². The van der Waals surface area contributed by atoms with Gasteiger partial charge in [0.05, 0.1) is 16.9 Å². The predicted molar refractivity (Wildman–Crippen MR) is 65.7 cm³/mol. The van der Waals surface area contributed by atoms with E-state index >= 15 is 0 Å². The lowest BCUT2D eigenvalue weighted by Crippen LogP contribution is -2.31. The third-order valence-electron chi connectivity index (χ3n) is 3.42. The van der Waals surface area contributed by atoms with E-state index in [1.165, 1.54) is 0 Å². The summed E-state index contributed by atoms with van der Waals surface area (Å²) < 4.78 is 23.3. The van der Waals surface area contributed by atoms with Gasteiger partial charge in [0.2, 0.25) is 0 Å². The minimum atomic E-state index is -3.03. The summed E-state index contributed by atoms with van der Waals surface area (Å²) in [7, 11) is -3.03. The quantitative estimate of drug-likeness (QED) is 0.780. The summed E-state index contributed by atoms with van der Waals surface area (Å²) in [5.41, 5.74) is 0. The molecule has 1 rings (SSSR count). The molecule has 0 bridgehead atoms. The Balaban J connectivity index is 2.49. The van der Waals surface area contributed by atoms with Gasteiger partial charge < -0.3 is 10.0 Å². The van der Waals surface area contributed by atoms with Gasteiger partial charge in [-0.1, -0.05) is 6.92 Å². The predicted octanol–water partition coefficient (Wildman–Crippen LogP) is 0.462. The smallest absolute Gasteiger partial charge is 0.308 e. The van der Waals surface area contributed by atoms with Crippen LogP contribution in [0.15, 0.2) is 0 Å². The number of likely N-dealkylation sites (tertiary alicyclic amines) is 1. The van der Waals surface area contributed by atoms with Crippen molar-refractivity contribution in [2.45, 2.75) is 26.0 Å². The van der Waals surface area contributed by atoms with Crippen LogP contribution in [0.5, 0.6) is 0 Å². The maximum Gasteiger partial charge on any atom is 0.308 e. The number of nitrogens with zero attached hydrogens (tertiary/aromatic N) is 1. The number of aliphatic carboxylic acids is 1. The van der Waals surface area contributed by atoms with E-state index in [-0.39, 0.29) is 22.8 Å². The van der Waals surface area contributed by atoms with Crippen LogP contribution in [0.4, 0.5) is 0 Å². The molecular weight excluding hydrogens is 242 g/mol. The van der Waals surface area contributed by atoms with Crippen LogP contribution in [-0.4, -0.2) is 55.0 Å². The highest BCUT2D eigenvalue weighted by atomic mass is 32.2. The van der Waals surface area contributed by atoms with Crippen LogP contribution in [-0.2, 0) is 14.6 Å². The third kappa shape index (κ3) is 3.67. The average molecular weight is 263 g/mol. The monoisotopic (exact) mass is 263 g/mol. The van der Waals surface area contributed by atoms with Gasteiger partial charge in [-0.2, -0.15) is 0 Å². The molecule has 1 aliphatic rings. The molecule has 0 amide bonds. The summed E-state index contributed by atoms with van der Waals surface area (Å²) in [6, 6.07) is 0. The number of hydrogen-bond acceptors (Lipinski definition) is 4. The first-order valence-corrected chi connectivity index (χ1v) is 7.62. The van der Waals surface area contributed by atoms with E-state index in [4.69, 9.17) is 5.11 Å². The Morgan fingerprint density at radius 3 is 2.41 bits per heavy atom. The zero-order chi connectivity index (χ0) is 13.2. The molecule has 0 aliphatic carbocycles. The average Bonchev–Trinajstić information content (AvgIpc) is 2.57. The van der Waals surface area contributed by atoms with Crippen molar-refractivity contribution in [3.05, 3.63) is 0 Å². The van der Waals surface area contributed by atoms with Crippen LogP contribution in [0.1, 0.15) is 20.8 Å². The second-order valence-corrected chi connectivity index (χ2v) is 7.77. The molecular formula is C11H21NO4S. The van der Waals surface area contributed by atoms with E-state index in [0.29, 0.717) is 19.6 Å². The van der Waals surface area contributed by atoms with E-state index in [0.717, 1.165) is 0 Å². The number of rotatable bonds is 5. The SMILES string of the molecule is CC1CN(CCS(=O)(=O)C(C)C)CC1C(=O)O. The molecule has 5 nitrogen and oxygen atoms in total. The summed E-state index contributed by atoms with van der Waals surface area (Å²) in [5.74, 6) is -0.943. The first-order valence-electron chi connectivity index (χ1n) is 5.90. The Hall–Kier alpha value is -0.620. The second kappa shape index (κ2) is 5.35. The van der Waals surface area contributed by atoms with Crippen LogP contribution >= 0.6 is 0 Å². The summed E-state index contributed by atoms with van der Waals surface area (Å²) in [6.07, 6.45) is 0. The Morgan fingerprint density at radius 2 is 2.00 bits per heavy atom. The van der Waals surface area contributed by atoms with Crippen molar-refractivity contribution in [1.82, 2.24) is 4.90 Å². The molecule has 1 saturated heterocycles. The van der Waals surface area contributed by atoms with Crippen molar-refractivity contribution in [2.24, 2.45) is 11.8 Å². The largest absolute Gasteiger partial charge is 0.481 e. The van der Waals surface area contributed by atoms with Crippen molar-refractivity contribution < 1.29 is 18.3 Å². The van der Waals surface area contributed by atoms with Crippen molar-refractivity contribution in [3.63, 3.8) is 0 Å². The Morgan fingerprint density at radius 1 is 1.41 bits per heavy atom. The molecule has 0 radical (unpaired) electrons. The molecule has 0 aromatic rings. The standard InChI is InChI=1S/C11H21NO4S/c1-8(2)17(15,16)5-4-12-6-9(3)10(7-12)11(13)14/h8-10H,4-7H2,1-3H3,(H,13,14). The maximum absolute atomic E-state index is 11.6. The van der Waals surface area contributed by atoms with Crippen molar-refractivity contribution >= 4 is 15.8 Å². The van der Waals surface area contributed by atoms with Crippen LogP contribution in [0.3, 0.4) is 0 Å². The molecule has 1 aliphatic heterocycles. The summed E-state index contributed by atoms with van der Waals surface area (Å²) >= 11 is 0. The summed E-state index contributed by atoms with van der Waals surface area (Å²) in [6.45, 7) is 6.81. The van der Waals surface area contributed by atoms with Crippen molar-refractivity contribution in [1.29, 1.82) is 0 Å². The van der Waals surface area contributed by atoms with E-state index in [1.54, 1.807) is 13.8 Å².